The first kappa shape index (κ1) is 28.5. The van der Waals surface area contributed by atoms with Crippen molar-refractivity contribution in [1.82, 2.24) is 5.32 Å². The number of halogens is 4. The number of amides is 3. The van der Waals surface area contributed by atoms with Gasteiger partial charge in [0, 0.05) is 24.6 Å². The number of nitrogens with two attached hydrogens (primary N) is 1. The number of carbonyl (C=O) groups is 3. The number of hydrogen-bond acceptors (Lipinski definition) is 4. The quantitative estimate of drug-likeness (QED) is 0.406. The van der Waals surface area contributed by atoms with E-state index in [0.29, 0.717) is 22.5 Å². The number of primary amides is 1. The molecule has 0 aliphatic carbocycles. The van der Waals surface area contributed by atoms with Gasteiger partial charge in [-0.05, 0) is 30.2 Å². The predicted molar refractivity (Wildman–Crippen MR) is 141 cm³/mol. The van der Waals surface area contributed by atoms with Gasteiger partial charge in [-0.2, -0.15) is 13.2 Å². The summed E-state index contributed by atoms with van der Waals surface area (Å²) in [7, 11) is 1.50. The van der Waals surface area contributed by atoms with E-state index in [1.54, 1.807) is 54.6 Å². The van der Waals surface area contributed by atoms with Gasteiger partial charge in [-0.25, -0.2) is 9.38 Å². The molecule has 3 aromatic carbocycles. The number of hydrogen-bond donors (Lipinski definition) is 2. The Morgan fingerprint density at radius 3 is 2.25 bits per heavy atom. The van der Waals surface area contributed by atoms with E-state index in [4.69, 9.17) is 5.73 Å². The molecule has 4 rings (SSSR count). The zero-order chi connectivity index (χ0) is 29.0. The topological polar surface area (TPSA) is 105 Å². The highest BCUT2D eigenvalue weighted by Crippen LogP contribution is 2.34. The van der Waals surface area contributed by atoms with Crippen molar-refractivity contribution in [2.75, 3.05) is 11.9 Å². The molecule has 1 aliphatic heterocycles. The molecule has 3 N–H and O–H groups in total. The first-order valence-electron chi connectivity index (χ1n) is 12.4. The highest BCUT2D eigenvalue weighted by molar-refractivity contribution is 6.20. The van der Waals surface area contributed by atoms with Crippen LogP contribution in [0.15, 0.2) is 83.9 Å². The summed E-state index contributed by atoms with van der Waals surface area (Å²) in [6.45, 7) is 0. The molecule has 0 aromatic heterocycles. The van der Waals surface area contributed by atoms with E-state index >= 15 is 0 Å². The van der Waals surface area contributed by atoms with Crippen LogP contribution < -0.4 is 16.0 Å². The minimum Gasteiger partial charge on any atom is -0.369 e. The largest absolute Gasteiger partial charge is 0.389 e. The van der Waals surface area contributed by atoms with Crippen LogP contribution in [-0.2, 0) is 14.4 Å². The molecule has 0 spiro atoms. The van der Waals surface area contributed by atoms with Crippen molar-refractivity contribution in [2.24, 2.45) is 16.6 Å². The van der Waals surface area contributed by atoms with Crippen LogP contribution in [0.2, 0.25) is 0 Å². The van der Waals surface area contributed by atoms with Crippen LogP contribution in [-0.4, -0.2) is 42.8 Å². The van der Waals surface area contributed by atoms with Crippen molar-refractivity contribution in [3.63, 3.8) is 0 Å². The van der Waals surface area contributed by atoms with Gasteiger partial charge in [-0.3, -0.25) is 14.4 Å². The number of alkyl halides is 3. The van der Waals surface area contributed by atoms with Crippen LogP contribution in [0.4, 0.5) is 23.2 Å². The standard InChI is InChI=1S/C29H26F4N4O3/c1-37-22-10-6-5-9-20(22)24(18-7-3-2-4-8-18)35-26(28(37)40)36-27(39)21(15-16-29(31,32)33)23(25(34)38)17-11-13-19(30)14-12-17/h2-14,21,23,26H,15-16H2,1H3,(H2,34,38)(H,36,39)/t21-,23+,26-/m1/s1. The Morgan fingerprint density at radius 1 is 1.00 bits per heavy atom. The smallest absolute Gasteiger partial charge is 0.369 e. The second-order valence-corrected chi connectivity index (χ2v) is 9.36. The number of nitrogens with one attached hydrogen (secondary N) is 1. The lowest BCUT2D eigenvalue weighted by molar-refractivity contribution is -0.144. The molecular formula is C29H26F4N4O3. The first-order chi connectivity index (χ1) is 19.0. The number of benzodiazepines with no additional fused rings is 1. The molecule has 11 heteroatoms. The van der Waals surface area contributed by atoms with Gasteiger partial charge in [0.1, 0.15) is 5.82 Å². The van der Waals surface area contributed by atoms with Crippen LogP contribution in [0, 0.1) is 11.7 Å². The van der Waals surface area contributed by atoms with Gasteiger partial charge in [-0.1, -0.05) is 60.7 Å². The summed E-state index contributed by atoms with van der Waals surface area (Å²) >= 11 is 0. The zero-order valence-corrected chi connectivity index (χ0v) is 21.4. The number of fused-ring (bicyclic) bond motifs is 1. The average Bonchev–Trinajstić information content (AvgIpc) is 3.02. The number of carbonyl (C=O) groups excluding carboxylic acids is 3. The molecule has 0 unspecified atom stereocenters. The number of anilines is 1. The van der Waals surface area contributed by atoms with Crippen molar-refractivity contribution >= 4 is 29.1 Å². The van der Waals surface area contributed by atoms with E-state index in [2.05, 4.69) is 10.3 Å². The summed E-state index contributed by atoms with van der Waals surface area (Å²) in [6.07, 6.45) is -8.34. The van der Waals surface area contributed by atoms with Crippen molar-refractivity contribution in [3.8, 4) is 0 Å². The number of rotatable bonds is 8. The normalized spacial score (nSPS) is 16.8. The molecule has 0 fully saturated rings. The molecule has 208 valence electrons. The Hall–Kier alpha value is -4.54. The lowest BCUT2D eigenvalue weighted by atomic mass is 9.81. The minimum absolute atomic E-state index is 0.0708. The van der Waals surface area contributed by atoms with Crippen LogP contribution in [0.1, 0.15) is 35.4 Å². The van der Waals surface area contributed by atoms with E-state index in [1.807, 2.05) is 0 Å². The first-order valence-corrected chi connectivity index (χ1v) is 12.4. The molecule has 40 heavy (non-hydrogen) atoms. The molecule has 7 nitrogen and oxygen atoms in total. The number of benzene rings is 3. The van der Waals surface area contributed by atoms with Crippen LogP contribution >= 0.6 is 0 Å². The van der Waals surface area contributed by atoms with E-state index in [1.165, 1.54) is 24.1 Å². The number of aliphatic imine (C=N–C) groups is 1. The van der Waals surface area contributed by atoms with Gasteiger partial charge < -0.3 is 16.0 Å². The Bertz CT molecular complexity index is 1430. The van der Waals surface area contributed by atoms with Gasteiger partial charge in [0.15, 0.2) is 0 Å². The van der Waals surface area contributed by atoms with Gasteiger partial charge in [0.2, 0.25) is 18.0 Å². The van der Waals surface area contributed by atoms with Crippen LogP contribution in [0.25, 0.3) is 0 Å². The fraction of sp³-hybridized carbons (Fsp3) is 0.241. The third kappa shape index (κ3) is 6.36. The molecule has 0 bridgehead atoms. The highest BCUT2D eigenvalue weighted by atomic mass is 19.4. The van der Waals surface area contributed by atoms with E-state index in [0.717, 1.165) is 12.1 Å². The van der Waals surface area contributed by atoms with E-state index < -0.39 is 60.6 Å². The van der Waals surface area contributed by atoms with Crippen LogP contribution in [0.5, 0.6) is 0 Å². The minimum atomic E-state index is -4.64. The number of nitrogens with zero attached hydrogens (tertiary/aromatic N) is 2. The Kier molecular flexibility index (Phi) is 8.32. The average molecular weight is 555 g/mol. The summed E-state index contributed by atoms with van der Waals surface area (Å²) in [5.74, 6) is -6.51. The number of likely N-dealkylation sites (N-methyl/N-ethyl adjacent to an activating group) is 1. The highest BCUT2D eigenvalue weighted by Gasteiger charge is 2.40. The molecule has 0 saturated carbocycles. The van der Waals surface area contributed by atoms with Crippen molar-refractivity contribution in [3.05, 3.63) is 101 Å². The molecular weight excluding hydrogens is 528 g/mol. The van der Waals surface area contributed by atoms with Gasteiger partial charge >= 0.3 is 6.18 Å². The van der Waals surface area contributed by atoms with E-state index in [-0.39, 0.29) is 5.56 Å². The summed E-state index contributed by atoms with van der Waals surface area (Å²) < 4.78 is 53.2. The molecule has 3 atom stereocenters. The van der Waals surface area contributed by atoms with Gasteiger partial charge in [0.25, 0.3) is 5.91 Å². The SMILES string of the molecule is CN1C(=O)[C@@H](NC(=O)[C@H](CCC(F)(F)F)[C@@H](C(N)=O)c2ccc(F)cc2)N=C(c2ccccc2)c2ccccc21. The molecule has 0 saturated heterocycles. The maximum Gasteiger partial charge on any atom is 0.389 e. The second kappa shape index (κ2) is 11.7. The fourth-order valence-corrected chi connectivity index (χ4v) is 4.72. The predicted octanol–water partition coefficient (Wildman–Crippen LogP) is 4.31. The maximum atomic E-state index is 13.6. The Balaban J connectivity index is 1.75. The third-order valence-electron chi connectivity index (χ3n) is 6.68. The fourth-order valence-electron chi connectivity index (χ4n) is 4.72. The summed E-state index contributed by atoms with van der Waals surface area (Å²) in [5, 5.41) is 2.46. The summed E-state index contributed by atoms with van der Waals surface area (Å²) in [6, 6.07) is 20.3. The van der Waals surface area contributed by atoms with Crippen molar-refractivity contribution in [2.45, 2.75) is 31.1 Å². The summed E-state index contributed by atoms with van der Waals surface area (Å²) in [5.41, 5.74) is 7.78. The molecule has 1 aliphatic rings. The Labute approximate surface area is 227 Å². The van der Waals surface area contributed by atoms with Gasteiger partial charge in [0.05, 0.1) is 23.2 Å². The molecule has 3 aromatic rings. The lowest BCUT2D eigenvalue weighted by Gasteiger charge is -2.27. The molecule has 1 heterocycles. The number of para-hydroxylation sites is 1. The van der Waals surface area contributed by atoms with Crippen LogP contribution in [0.3, 0.4) is 0 Å². The monoisotopic (exact) mass is 554 g/mol. The zero-order valence-electron chi connectivity index (χ0n) is 21.4. The van der Waals surface area contributed by atoms with E-state index in [9.17, 15) is 31.9 Å². The maximum absolute atomic E-state index is 13.6. The van der Waals surface area contributed by atoms with Crippen molar-refractivity contribution < 1.29 is 31.9 Å². The molecule has 3 amide bonds. The third-order valence-corrected chi connectivity index (χ3v) is 6.68. The van der Waals surface area contributed by atoms with Crippen molar-refractivity contribution in [1.29, 1.82) is 0 Å². The Morgan fingerprint density at radius 2 is 1.62 bits per heavy atom. The lowest BCUT2D eigenvalue weighted by Crippen LogP contribution is -2.49. The molecule has 0 radical (unpaired) electrons. The summed E-state index contributed by atoms with van der Waals surface area (Å²) in [4.78, 5) is 45.4. The second-order valence-electron chi connectivity index (χ2n) is 9.36. The van der Waals surface area contributed by atoms with Gasteiger partial charge in [-0.15, -0.1) is 0 Å².